The normalized spacial score (nSPS) is 23.4. The summed E-state index contributed by atoms with van der Waals surface area (Å²) in [4.78, 5) is 19.3. The van der Waals surface area contributed by atoms with Gasteiger partial charge >= 0.3 is 6.09 Å². The van der Waals surface area contributed by atoms with Gasteiger partial charge in [-0.1, -0.05) is 49.2 Å². The number of nitrogens with zero attached hydrogens (tertiary/aromatic N) is 2. The Labute approximate surface area is 373 Å². The highest BCUT2D eigenvalue weighted by Crippen LogP contribution is 2.44. The fourth-order valence-corrected chi connectivity index (χ4v) is 11.2. The number of ether oxygens (including phenoxy) is 4. The molecule has 330 valence electrons. The molecule has 1 amide bonds. The molecule has 0 bridgehead atoms. The van der Waals surface area contributed by atoms with E-state index >= 15 is 0 Å². The number of amides is 1. The fourth-order valence-electron chi connectivity index (χ4n) is 11.2. The Morgan fingerprint density at radius 1 is 0.617 bits per heavy atom. The van der Waals surface area contributed by atoms with Gasteiger partial charge in [-0.3, -0.25) is 4.99 Å². The molecule has 7 nitrogen and oxygen atoms in total. The predicted molar refractivity (Wildman–Crippen MR) is 250 cm³/mol. The van der Waals surface area contributed by atoms with Crippen LogP contribution in [0.2, 0.25) is 0 Å². The van der Waals surface area contributed by atoms with Crippen LogP contribution in [0.15, 0.2) is 41.4 Å². The van der Waals surface area contributed by atoms with Crippen LogP contribution in [-0.2, 0) is 43.3 Å². The van der Waals surface area contributed by atoms with Crippen LogP contribution in [0.25, 0.3) is 0 Å². The van der Waals surface area contributed by atoms with Crippen molar-refractivity contribution in [1.82, 2.24) is 4.90 Å². The summed E-state index contributed by atoms with van der Waals surface area (Å²) in [6.07, 6.45) is 16.9. The average Bonchev–Trinajstić information content (AvgIpc) is 3.21. The lowest BCUT2D eigenvalue weighted by molar-refractivity contribution is -0.00144. The second kappa shape index (κ2) is 20.6. The van der Waals surface area contributed by atoms with E-state index in [2.05, 4.69) is 57.2 Å². The molecule has 3 unspecified atom stereocenters. The number of fused-ring (bicyclic) bond motifs is 6. The summed E-state index contributed by atoms with van der Waals surface area (Å²) in [5.41, 5.74) is 13.3. The molecular weight excluding hydrogens is 791 g/mol. The van der Waals surface area contributed by atoms with E-state index in [0.29, 0.717) is 11.8 Å². The Morgan fingerprint density at radius 2 is 1.12 bits per heavy atom. The molecule has 9 heteroatoms. The maximum absolute atomic E-state index is 12.6. The summed E-state index contributed by atoms with van der Waals surface area (Å²) in [5.74, 6) is 6.33. The maximum Gasteiger partial charge on any atom is 0.410 e. The van der Waals surface area contributed by atoms with Crippen molar-refractivity contribution in [3.05, 3.63) is 86.5 Å². The van der Waals surface area contributed by atoms with Crippen LogP contribution in [0.1, 0.15) is 122 Å². The number of aliphatic imine (C=N–C) groups is 1. The number of methoxy groups -OCH3 is 3. The van der Waals surface area contributed by atoms with E-state index in [0.717, 1.165) is 74.3 Å². The van der Waals surface area contributed by atoms with Gasteiger partial charge in [0.2, 0.25) is 0 Å². The third-order valence-corrected chi connectivity index (χ3v) is 14.1. The monoisotopic (exact) mass is 862 g/mol. The van der Waals surface area contributed by atoms with Gasteiger partial charge in [-0.25, -0.2) is 4.79 Å². The topological polar surface area (TPSA) is 69.6 Å². The van der Waals surface area contributed by atoms with Crippen LogP contribution in [0, 0.1) is 44.4 Å². The van der Waals surface area contributed by atoms with Gasteiger partial charge in [0.25, 0.3) is 0 Å². The third-order valence-electron chi connectivity index (χ3n) is 14.1. The molecule has 3 aromatic rings. The second-order valence-electron chi connectivity index (χ2n) is 19.0. The van der Waals surface area contributed by atoms with E-state index < -0.39 is 5.60 Å². The van der Waals surface area contributed by atoms with Crippen molar-refractivity contribution in [3.63, 3.8) is 0 Å². The molecule has 0 N–H and O–H groups in total. The van der Waals surface area contributed by atoms with Gasteiger partial charge in [0.15, 0.2) is 0 Å². The Hall–Kier alpha value is -3.42. The molecule has 6 aliphatic rings. The van der Waals surface area contributed by atoms with Gasteiger partial charge in [0.1, 0.15) is 22.8 Å². The van der Waals surface area contributed by atoms with Crippen molar-refractivity contribution in [2.45, 2.75) is 143 Å². The van der Waals surface area contributed by atoms with E-state index in [1.807, 2.05) is 32.8 Å². The van der Waals surface area contributed by atoms with Gasteiger partial charge in [0, 0.05) is 37.2 Å². The van der Waals surface area contributed by atoms with Gasteiger partial charge in [-0.15, -0.1) is 24.8 Å². The van der Waals surface area contributed by atoms with Gasteiger partial charge in [-0.2, -0.15) is 0 Å². The van der Waals surface area contributed by atoms with E-state index in [4.69, 9.17) is 23.9 Å². The summed E-state index contributed by atoms with van der Waals surface area (Å²) in [7, 11) is 5.35. The first kappa shape index (κ1) is 47.6. The number of benzene rings is 3. The Bertz CT molecular complexity index is 1990. The first-order valence-corrected chi connectivity index (χ1v) is 22.4. The minimum atomic E-state index is -0.447. The quantitative estimate of drug-likeness (QED) is 0.262. The molecule has 1 saturated heterocycles. The zero-order chi connectivity index (χ0) is 41.1. The number of piperidine rings is 1. The van der Waals surface area contributed by atoms with E-state index in [9.17, 15) is 4.79 Å². The second-order valence-corrected chi connectivity index (χ2v) is 19.0. The summed E-state index contributed by atoms with van der Waals surface area (Å²) >= 11 is 0. The number of aryl methyl sites for hydroxylation is 3. The van der Waals surface area contributed by atoms with Gasteiger partial charge < -0.3 is 23.8 Å². The van der Waals surface area contributed by atoms with Crippen LogP contribution in [0.5, 0.6) is 17.2 Å². The smallest absolute Gasteiger partial charge is 0.410 e. The molecule has 9 rings (SSSR count). The Kier molecular flexibility index (Phi) is 16.4. The standard InChI is InChI=1S/C20H29NO3.C16H22O.C15H19NO.2ClH/c1-13-8-9-14-12-17-15(11-16(14)18(13)23-5)7-6-10-21(17)19(22)24-20(2,3)4;1-11-7-8-14-9-12-5-3-4-6-13(12)10-15(14)16(11)17-2;1-10-5-6-11-9-14-12(4-3-7-16-14)8-13(11)15(10)17-2;;/h8-9,15,17H,6-7,10-12H2,1-5H3;7-8,12-13H,3-6,9-10H2,1-2H3;5-6,12H,3-4,7-9H2,1-2H3;2*1H/t15-,17?;12?,13-;;;/m11.../s1. The average molecular weight is 864 g/mol. The zero-order valence-corrected chi connectivity index (χ0v) is 39.5. The van der Waals surface area contributed by atoms with Gasteiger partial charge in [-0.05, 0) is 180 Å². The molecule has 3 aromatic carbocycles. The van der Waals surface area contributed by atoms with Crippen molar-refractivity contribution < 1.29 is 23.7 Å². The van der Waals surface area contributed by atoms with E-state index in [1.54, 1.807) is 19.8 Å². The summed E-state index contributed by atoms with van der Waals surface area (Å²) < 4.78 is 22.5. The van der Waals surface area contributed by atoms with E-state index in [-0.39, 0.29) is 36.9 Å². The van der Waals surface area contributed by atoms with E-state index in [1.165, 1.54) is 108 Å². The van der Waals surface area contributed by atoms with Crippen LogP contribution in [0.3, 0.4) is 0 Å². The molecule has 2 aliphatic heterocycles. The summed E-state index contributed by atoms with van der Waals surface area (Å²) in [6.45, 7) is 14.0. The fraction of sp³-hybridized carbons (Fsp3) is 0.608. The number of hydrogen-bond donors (Lipinski definition) is 0. The number of hydrogen-bond acceptors (Lipinski definition) is 6. The highest BCUT2D eigenvalue weighted by atomic mass is 35.5. The summed E-state index contributed by atoms with van der Waals surface area (Å²) in [6, 6.07) is 13.5. The highest BCUT2D eigenvalue weighted by molar-refractivity contribution is 5.91. The molecule has 2 heterocycles. The van der Waals surface area contributed by atoms with Crippen molar-refractivity contribution >= 4 is 36.6 Å². The molecule has 0 spiro atoms. The molecule has 0 aromatic heterocycles. The molecule has 1 saturated carbocycles. The van der Waals surface area contributed by atoms with Crippen LogP contribution >= 0.6 is 24.8 Å². The van der Waals surface area contributed by atoms with Crippen LogP contribution in [-0.4, -0.2) is 62.8 Å². The molecule has 60 heavy (non-hydrogen) atoms. The predicted octanol–water partition coefficient (Wildman–Crippen LogP) is 11.8. The zero-order valence-electron chi connectivity index (χ0n) is 37.9. The minimum Gasteiger partial charge on any atom is -0.496 e. The van der Waals surface area contributed by atoms with Crippen molar-refractivity contribution in [2.24, 2.45) is 28.7 Å². The van der Waals surface area contributed by atoms with Gasteiger partial charge in [0.05, 0.1) is 21.3 Å². The number of halogens is 2. The Morgan fingerprint density at radius 3 is 1.68 bits per heavy atom. The van der Waals surface area contributed by atoms with Crippen molar-refractivity contribution in [3.8, 4) is 17.2 Å². The number of rotatable bonds is 3. The first-order chi connectivity index (χ1) is 27.9. The molecule has 2 fully saturated rings. The molecular formula is C51H72Cl2N2O5. The summed E-state index contributed by atoms with van der Waals surface area (Å²) in [5, 5.41) is 0. The SMILES string of the molecule is COc1c(C)ccc2c1CC1CCCN=C1C2.COc1c(C)ccc2c1C[C@H]1CCCCC1C2.COc1c(C)ccc2c1C[C@H]1CCCN(C(=O)OC(C)(C)C)C1C2.Cl.Cl. The minimum absolute atomic E-state index is 0. The lowest BCUT2D eigenvalue weighted by Gasteiger charge is -2.45. The van der Waals surface area contributed by atoms with Crippen LogP contribution < -0.4 is 14.2 Å². The maximum atomic E-state index is 12.6. The number of carbonyl (C=O) groups is 1. The Balaban J connectivity index is 0.000000171. The number of carbonyl (C=O) groups excluding carboxylic acids is 1. The lowest BCUT2D eigenvalue weighted by Crippen LogP contribution is -2.53. The van der Waals surface area contributed by atoms with Crippen molar-refractivity contribution in [1.29, 1.82) is 0 Å². The lowest BCUT2D eigenvalue weighted by atomic mass is 9.68. The molecule has 5 atom stereocenters. The molecule has 4 aliphatic carbocycles. The largest absolute Gasteiger partial charge is 0.496 e. The first-order valence-electron chi connectivity index (χ1n) is 22.4. The number of likely N-dealkylation sites (tertiary alicyclic amines) is 1. The van der Waals surface area contributed by atoms with Crippen molar-refractivity contribution in [2.75, 3.05) is 34.4 Å². The highest BCUT2D eigenvalue weighted by Gasteiger charge is 2.40. The van der Waals surface area contributed by atoms with Crippen LogP contribution in [0.4, 0.5) is 4.79 Å². The molecule has 0 radical (unpaired) electrons. The third kappa shape index (κ3) is 10.4.